The molecule has 0 amide bonds. The second-order valence-electron chi connectivity index (χ2n) is 6.95. The number of carbonyl (C=O) groups is 2. The predicted octanol–water partition coefficient (Wildman–Crippen LogP) is 4.69. The Kier molecular flexibility index (Phi) is 6.01. The van der Waals surface area contributed by atoms with E-state index >= 15 is 0 Å². The number of nitrogens with zero attached hydrogens (tertiary/aromatic N) is 1. The van der Waals surface area contributed by atoms with Crippen LogP contribution in [0.25, 0.3) is 6.08 Å². The molecule has 34 heavy (non-hydrogen) atoms. The highest BCUT2D eigenvalue weighted by atomic mass is 19.2. The molecule has 0 bridgehead atoms. The summed E-state index contributed by atoms with van der Waals surface area (Å²) in [6.07, 6.45) is 4.57. The minimum Gasteiger partial charge on any atom is -0.476 e. The van der Waals surface area contributed by atoms with Gasteiger partial charge in [-0.3, -0.25) is 9.78 Å². The summed E-state index contributed by atoms with van der Waals surface area (Å²) < 4.78 is 82.1. The Morgan fingerprint density at radius 3 is 2.35 bits per heavy atom. The van der Waals surface area contributed by atoms with Gasteiger partial charge in [0, 0.05) is 18.0 Å². The maximum absolute atomic E-state index is 13.7. The lowest BCUT2D eigenvalue weighted by atomic mass is 10.1. The zero-order valence-electron chi connectivity index (χ0n) is 17.1. The third-order valence-electron chi connectivity index (χ3n) is 4.75. The van der Waals surface area contributed by atoms with Crippen LogP contribution in [0, 0.1) is 36.0 Å². The van der Waals surface area contributed by atoms with Crippen molar-refractivity contribution in [2.24, 2.45) is 0 Å². The van der Waals surface area contributed by atoms with Crippen molar-refractivity contribution in [3.05, 3.63) is 88.2 Å². The van der Waals surface area contributed by atoms with Gasteiger partial charge in [-0.15, -0.1) is 0 Å². The minimum absolute atomic E-state index is 0.0178. The second-order valence-corrected chi connectivity index (χ2v) is 6.95. The number of ether oxygens (including phenoxy) is 3. The molecule has 0 fully saturated rings. The van der Waals surface area contributed by atoms with Gasteiger partial charge in [0.05, 0.1) is 5.56 Å². The number of fused-ring (bicyclic) bond motifs is 1. The van der Waals surface area contributed by atoms with E-state index in [0.29, 0.717) is 5.56 Å². The number of benzene rings is 2. The van der Waals surface area contributed by atoms with E-state index in [0.717, 1.165) is 0 Å². The predicted molar refractivity (Wildman–Crippen MR) is 106 cm³/mol. The van der Waals surface area contributed by atoms with E-state index in [1.165, 1.54) is 31.3 Å². The molecule has 2 aromatic carbocycles. The maximum Gasteiger partial charge on any atom is 0.349 e. The molecule has 0 saturated carbocycles. The fourth-order valence-electron chi connectivity index (χ4n) is 3.09. The molecule has 0 spiro atoms. The highest BCUT2D eigenvalue weighted by Crippen LogP contribution is 2.39. The second kappa shape index (κ2) is 8.93. The SMILES string of the molecule is Cc1c(OC(=O)COc2c(F)c(F)c(F)c(F)c2F)ccc2c1O/C(=C\c1cccnc1)C2=O. The number of carbonyl (C=O) groups excluding carboxylic acids is 2. The molecule has 1 aliphatic rings. The van der Waals surface area contributed by atoms with Crippen LogP contribution < -0.4 is 14.2 Å². The summed E-state index contributed by atoms with van der Waals surface area (Å²) in [4.78, 5) is 28.6. The van der Waals surface area contributed by atoms with Crippen LogP contribution in [0.5, 0.6) is 17.2 Å². The first-order valence-corrected chi connectivity index (χ1v) is 9.51. The summed E-state index contributed by atoms with van der Waals surface area (Å²) >= 11 is 0. The molecule has 0 saturated heterocycles. The van der Waals surface area contributed by atoms with Gasteiger partial charge in [-0.05, 0) is 36.8 Å². The van der Waals surface area contributed by atoms with Crippen LogP contribution in [-0.2, 0) is 4.79 Å². The van der Waals surface area contributed by atoms with E-state index < -0.39 is 53.2 Å². The van der Waals surface area contributed by atoms with Crippen LogP contribution in [-0.4, -0.2) is 23.3 Å². The highest BCUT2D eigenvalue weighted by Gasteiger charge is 2.31. The van der Waals surface area contributed by atoms with Crippen LogP contribution in [0.1, 0.15) is 21.5 Å². The normalized spacial score (nSPS) is 13.6. The Labute approximate surface area is 188 Å². The smallest absolute Gasteiger partial charge is 0.349 e. The van der Waals surface area contributed by atoms with Gasteiger partial charge < -0.3 is 14.2 Å². The first kappa shape index (κ1) is 22.9. The van der Waals surface area contributed by atoms with Crippen molar-refractivity contribution < 1.29 is 45.8 Å². The molecule has 2 heterocycles. The molecule has 174 valence electrons. The molecule has 6 nitrogen and oxygen atoms in total. The molecule has 1 aromatic heterocycles. The lowest BCUT2D eigenvalue weighted by Gasteiger charge is -2.12. The van der Waals surface area contributed by atoms with Crippen molar-refractivity contribution in [1.29, 1.82) is 0 Å². The molecular formula is C23H12F5NO5. The number of Topliss-reactive ketones (excluding diaryl/α,β-unsaturated/α-hetero) is 1. The number of rotatable bonds is 5. The molecule has 0 atom stereocenters. The van der Waals surface area contributed by atoms with Gasteiger partial charge in [-0.2, -0.15) is 8.78 Å². The van der Waals surface area contributed by atoms with Crippen LogP contribution in [0.4, 0.5) is 22.0 Å². The number of aromatic nitrogens is 1. The largest absolute Gasteiger partial charge is 0.476 e. The van der Waals surface area contributed by atoms with Crippen LogP contribution in [0.2, 0.25) is 0 Å². The van der Waals surface area contributed by atoms with Crippen molar-refractivity contribution >= 4 is 17.8 Å². The molecule has 11 heteroatoms. The van der Waals surface area contributed by atoms with Gasteiger partial charge in [-0.1, -0.05) is 6.07 Å². The topological polar surface area (TPSA) is 74.7 Å². The summed E-state index contributed by atoms with van der Waals surface area (Å²) in [6, 6.07) is 6.03. The summed E-state index contributed by atoms with van der Waals surface area (Å²) in [5.74, 6) is -14.4. The summed E-state index contributed by atoms with van der Waals surface area (Å²) in [5.41, 5.74) is 1.09. The van der Waals surface area contributed by atoms with Gasteiger partial charge in [0.2, 0.25) is 34.9 Å². The highest BCUT2D eigenvalue weighted by molar-refractivity contribution is 6.15. The van der Waals surface area contributed by atoms with E-state index in [1.54, 1.807) is 18.3 Å². The van der Waals surface area contributed by atoms with E-state index in [-0.39, 0.29) is 28.4 Å². The first-order valence-electron chi connectivity index (χ1n) is 9.51. The van der Waals surface area contributed by atoms with Crippen molar-refractivity contribution in [2.75, 3.05) is 6.61 Å². The molecule has 4 rings (SSSR count). The molecule has 3 aromatic rings. The fraction of sp³-hybridized carbons (Fsp3) is 0.0870. The summed E-state index contributed by atoms with van der Waals surface area (Å²) in [7, 11) is 0. The monoisotopic (exact) mass is 477 g/mol. The number of halogens is 5. The fourth-order valence-corrected chi connectivity index (χ4v) is 3.09. The number of hydrogen-bond donors (Lipinski definition) is 0. The van der Waals surface area contributed by atoms with Crippen molar-refractivity contribution in [1.82, 2.24) is 4.98 Å². The molecule has 0 N–H and O–H groups in total. The number of allylic oxidation sites excluding steroid dienone is 1. The van der Waals surface area contributed by atoms with E-state index in [1.807, 2.05) is 0 Å². The average molecular weight is 477 g/mol. The van der Waals surface area contributed by atoms with Crippen molar-refractivity contribution in [2.45, 2.75) is 6.92 Å². The standard InChI is InChI=1S/C23H12F5NO5/c1-10-13(33-15(30)9-32-23-19(27)17(25)16(24)18(26)20(23)28)5-4-12-21(31)14(34-22(10)12)7-11-3-2-6-29-8-11/h2-8H,9H2,1H3/b14-7-. The Bertz CT molecular complexity index is 1330. The lowest BCUT2D eigenvalue weighted by molar-refractivity contribution is -0.136. The van der Waals surface area contributed by atoms with Crippen molar-refractivity contribution in [3.63, 3.8) is 0 Å². The number of hydrogen-bond acceptors (Lipinski definition) is 6. The van der Waals surface area contributed by atoms with E-state index in [9.17, 15) is 31.5 Å². The number of esters is 1. The molecule has 1 aliphatic heterocycles. The van der Waals surface area contributed by atoms with Gasteiger partial charge in [0.25, 0.3) is 0 Å². The van der Waals surface area contributed by atoms with Gasteiger partial charge in [-0.25, -0.2) is 18.0 Å². The first-order chi connectivity index (χ1) is 16.2. The third kappa shape index (κ3) is 4.07. The molecular weight excluding hydrogens is 465 g/mol. The molecule has 0 aliphatic carbocycles. The van der Waals surface area contributed by atoms with Crippen LogP contribution in [0.15, 0.2) is 42.4 Å². The third-order valence-corrected chi connectivity index (χ3v) is 4.75. The quantitative estimate of drug-likeness (QED) is 0.133. The Hall–Kier alpha value is -4.28. The molecule has 0 radical (unpaired) electrons. The Morgan fingerprint density at radius 2 is 1.71 bits per heavy atom. The van der Waals surface area contributed by atoms with Crippen LogP contribution in [0.3, 0.4) is 0 Å². The van der Waals surface area contributed by atoms with Gasteiger partial charge in [0.1, 0.15) is 11.5 Å². The maximum atomic E-state index is 13.7. The molecule has 0 unspecified atom stereocenters. The zero-order chi connectivity index (χ0) is 24.6. The lowest BCUT2D eigenvalue weighted by Crippen LogP contribution is -2.20. The van der Waals surface area contributed by atoms with Gasteiger partial charge >= 0.3 is 5.97 Å². The number of ketones is 1. The van der Waals surface area contributed by atoms with E-state index in [4.69, 9.17) is 9.47 Å². The van der Waals surface area contributed by atoms with Crippen LogP contribution >= 0.6 is 0 Å². The van der Waals surface area contributed by atoms with Crippen molar-refractivity contribution in [3.8, 4) is 17.2 Å². The average Bonchev–Trinajstić information content (AvgIpc) is 3.14. The van der Waals surface area contributed by atoms with Gasteiger partial charge in [0.15, 0.2) is 18.1 Å². The number of pyridine rings is 1. The summed E-state index contributed by atoms with van der Waals surface area (Å²) in [6.45, 7) is 0.327. The minimum atomic E-state index is -2.36. The Balaban J connectivity index is 1.50. The summed E-state index contributed by atoms with van der Waals surface area (Å²) in [5, 5.41) is 0. The zero-order valence-corrected chi connectivity index (χ0v) is 17.1. The Morgan fingerprint density at radius 1 is 1.03 bits per heavy atom. The van der Waals surface area contributed by atoms with E-state index in [2.05, 4.69) is 9.72 Å².